The van der Waals surface area contributed by atoms with Gasteiger partial charge in [-0.05, 0) is 37.3 Å². The molecule has 1 aliphatic heterocycles. The van der Waals surface area contributed by atoms with E-state index < -0.39 is 5.97 Å². The Morgan fingerprint density at radius 3 is 2.93 bits per heavy atom. The van der Waals surface area contributed by atoms with Gasteiger partial charge in [0.1, 0.15) is 0 Å². The number of benzene rings is 1. The van der Waals surface area contributed by atoms with Crippen molar-refractivity contribution in [1.29, 1.82) is 0 Å². The minimum absolute atomic E-state index is 0.0120. The second kappa shape index (κ2) is 9.61. The number of para-hydroxylation sites is 1. The molecule has 4 rings (SSSR count). The van der Waals surface area contributed by atoms with Crippen LogP contribution < -0.4 is 5.32 Å². The number of thioether (sulfide) groups is 1. The molecule has 30 heavy (non-hydrogen) atoms. The van der Waals surface area contributed by atoms with Crippen molar-refractivity contribution in [2.75, 3.05) is 12.3 Å². The lowest BCUT2D eigenvalue weighted by Crippen LogP contribution is -2.33. The van der Waals surface area contributed by atoms with Crippen molar-refractivity contribution in [3.63, 3.8) is 0 Å². The van der Waals surface area contributed by atoms with Crippen molar-refractivity contribution in [2.24, 2.45) is 5.92 Å². The number of carboxylic acids is 1. The minimum Gasteiger partial charge on any atom is -0.478 e. The average Bonchev–Trinajstić information content (AvgIpc) is 3.39. The van der Waals surface area contributed by atoms with Crippen LogP contribution in [0.5, 0.6) is 0 Å². The number of rotatable bonds is 8. The summed E-state index contributed by atoms with van der Waals surface area (Å²) in [6, 6.07) is 6.64. The predicted molar refractivity (Wildman–Crippen MR) is 113 cm³/mol. The first-order valence-electron chi connectivity index (χ1n) is 10.3. The van der Waals surface area contributed by atoms with E-state index in [1.165, 1.54) is 41.8 Å². The number of nitrogens with zero attached hydrogens (tertiary/aromatic N) is 3. The number of fused-ring (bicyclic) bond motifs is 1. The number of ether oxygens (including phenoxy) is 1. The second-order valence-corrected chi connectivity index (χ2v) is 8.84. The minimum atomic E-state index is -1.01. The van der Waals surface area contributed by atoms with Gasteiger partial charge in [-0.15, -0.1) is 16.9 Å². The number of hydrogen-bond acceptors (Lipinski definition) is 6. The van der Waals surface area contributed by atoms with Crippen LogP contribution >= 0.6 is 11.8 Å². The smallest absolute Gasteiger partial charge is 0.337 e. The van der Waals surface area contributed by atoms with E-state index in [1.54, 1.807) is 24.4 Å². The zero-order chi connectivity index (χ0) is 20.9. The average molecular weight is 431 g/mol. The van der Waals surface area contributed by atoms with Gasteiger partial charge in [0.25, 0.3) is 0 Å². The predicted octanol–water partition coefficient (Wildman–Crippen LogP) is 2.66. The second-order valence-electron chi connectivity index (χ2n) is 7.85. The van der Waals surface area contributed by atoms with E-state index in [2.05, 4.69) is 15.6 Å². The molecule has 2 N–H and O–H groups in total. The Morgan fingerprint density at radius 1 is 1.27 bits per heavy atom. The molecule has 1 aromatic heterocycles. The van der Waals surface area contributed by atoms with Crippen LogP contribution in [0, 0.1) is 5.92 Å². The third-order valence-corrected chi connectivity index (χ3v) is 6.67. The Hall–Kier alpha value is -2.39. The van der Waals surface area contributed by atoms with Gasteiger partial charge >= 0.3 is 5.97 Å². The Bertz CT molecular complexity index is 889. The molecule has 9 heteroatoms. The van der Waals surface area contributed by atoms with Gasteiger partial charge in [0.2, 0.25) is 5.91 Å². The summed E-state index contributed by atoms with van der Waals surface area (Å²) >= 11 is 1.45. The number of hydrogen-bond donors (Lipinski definition) is 2. The molecule has 1 unspecified atom stereocenters. The summed E-state index contributed by atoms with van der Waals surface area (Å²) in [5.74, 6) is 0.496. The topological polar surface area (TPSA) is 106 Å². The van der Waals surface area contributed by atoms with Gasteiger partial charge in [0.15, 0.2) is 0 Å². The maximum absolute atomic E-state index is 12.2. The molecule has 1 amide bonds. The molecule has 0 bridgehead atoms. The molecular weight excluding hydrogens is 404 g/mol. The molecule has 1 aromatic carbocycles. The van der Waals surface area contributed by atoms with Crippen molar-refractivity contribution in [2.45, 2.75) is 50.1 Å². The molecule has 1 aliphatic carbocycles. The largest absolute Gasteiger partial charge is 0.478 e. The highest BCUT2D eigenvalue weighted by molar-refractivity contribution is 7.99. The van der Waals surface area contributed by atoms with Crippen LogP contribution in [0.15, 0.2) is 30.5 Å². The van der Waals surface area contributed by atoms with Gasteiger partial charge in [-0.25, -0.2) is 9.48 Å². The van der Waals surface area contributed by atoms with Crippen LogP contribution in [-0.2, 0) is 15.3 Å². The van der Waals surface area contributed by atoms with Crippen molar-refractivity contribution >= 4 is 23.6 Å². The fourth-order valence-corrected chi connectivity index (χ4v) is 4.99. The van der Waals surface area contributed by atoms with E-state index in [4.69, 9.17) is 4.74 Å². The van der Waals surface area contributed by atoms with E-state index in [9.17, 15) is 14.7 Å². The van der Waals surface area contributed by atoms with Crippen molar-refractivity contribution in [3.05, 3.63) is 41.7 Å². The van der Waals surface area contributed by atoms with Crippen LogP contribution in [0.4, 0.5) is 0 Å². The van der Waals surface area contributed by atoms with Crippen LogP contribution in [0.25, 0.3) is 5.69 Å². The molecule has 2 aromatic rings. The fourth-order valence-electron chi connectivity index (χ4n) is 4.26. The Labute approximate surface area is 179 Å². The summed E-state index contributed by atoms with van der Waals surface area (Å²) < 4.78 is 7.53. The van der Waals surface area contributed by atoms with Gasteiger partial charge in [0.05, 0.1) is 41.1 Å². The van der Waals surface area contributed by atoms with Crippen molar-refractivity contribution in [3.8, 4) is 5.69 Å². The quantitative estimate of drug-likeness (QED) is 0.663. The van der Waals surface area contributed by atoms with Crippen molar-refractivity contribution < 1.29 is 19.4 Å². The molecule has 160 valence electrons. The monoisotopic (exact) mass is 430 g/mol. The van der Waals surface area contributed by atoms with Gasteiger partial charge in [-0.1, -0.05) is 30.2 Å². The third-order valence-electron chi connectivity index (χ3n) is 5.70. The lowest BCUT2D eigenvalue weighted by molar-refractivity contribution is -0.119. The molecular formula is C21H26N4O4S. The molecule has 2 heterocycles. The number of amides is 1. The molecule has 0 radical (unpaired) electrons. The number of nitrogens with one attached hydrogen (secondary N) is 1. The molecule has 8 nitrogen and oxygen atoms in total. The van der Waals surface area contributed by atoms with Gasteiger partial charge in [0, 0.05) is 12.3 Å². The molecule has 2 aliphatic rings. The third kappa shape index (κ3) is 5.02. The normalized spacial score (nSPS) is 23.1. The summed E-state index contributed by atoms with van der Waals surface area (Å²) in [5, 5.41) is 20.4. The van der Waals surface area contributed by atoms with E-state index in [-0.39, 0.29) is 17.6 Å². The van der Waals surface area contributed by atoms with Crippen LogP contribution in [0.3, 0.4) is 0 Å². The lowest BCUT2D eigenvalue weighted by Gasteiger charge is -2.23. The summed E-state index contributed by atoms with van der Waals surface area (Å²) in [4.78, 5) is 23.5. The first-order chi connectivity index (χ1) is 14.6. The molecule has 1 saturated heterocycles. The summed E-state index contributed by atoms with van der Waals surface area (Å²) in [7, 11) is 0. The van der Waals surface area contributed by atoms with Gasteiger partial charge < -0.3 is 15.2 Å². The van der Waals surface area contributed by atoms with Crippen LogP contribution in [0.1, 0.15) is 48.2 Å². The number of carbonyl (C=O) groups is 2. The van der Waals surface area contributed by atoms with E-state index in [0.717, 1.165) is 12.8 Å². The van der Waals surface area contributed by atoms with Crippen molar-refractivity contribution in [1.82, 2.24) is 20.3 Å². The SMILES string of the molecule is O=C(CSCc1cn(-c2ccccc2C(=O)O)nn1)NCC1C[C@@H]2CCCC[C@H]2O1. The number of aromatic nitrogens is 3. The summed E-state index contributed by atoms with van der Waals surface area (Å²) in [6.07, 6.45) is 8.24. The fraction of sp³-hybridized carbons (Fsp3) is 0.524. The van der Waals surface area contributed by atoms with E-state index >= 15 is 0 Å². The maximum atomic E-state index is 12.2. The zero-order valence-electron chi connectivity index (χ0n) is 16.7. The molecule has 2 fully saturated rings. The number of carbonyl (C=O) groups excluding carboxylic acids is 1. The summed E-state index contributed by atoms with van der Waals surface area (Å²) in [5.41, 5.74) is 1.31. The molecule has 3 atom stereocenters. The van der Waals surface area contributed by atoms with Crippen LogP contribution in [-0.4, -0.2) is 56.5 Å². The Balaban J connectivity index is 1.21. The van der Waals surface area contributed by atoms with E-state index in [0.29, 0.717) is 41.5 Å². The van der Waals surface area contributed by atoms with E-state index in [1.807, 2.05) is 0 Å². The highest BCUT2D eigenvalue weighted by Gasteiger charge is 2.36. The Morgan fingerprint density at radius 2 is 2.10 bits per heavy atom. The highest BCUT2D eigenvalue weighted by atomic mass is 32.2. The Kier molecular flexibility index (Phi) is 6.69. The highest BCUT2D eigenvalue weighted by Crippen LogP contribution is 2.37. The van der Waals surface area contributed by atoms with Crippen LogP contribution in [0.2, 0.25) is 0 Å². The summed E-state index contributed by atoms with van der Waals surface area (Å²) in [6.45, 7) is 0.578. The molecule has 1 saturated carbocycles. The standard InChI is InChI=1S/C21H26N4O4S/c26-20(22-10-16-9-14-5-1-4-8-19(14)29-16)13-30-12-15-11-25(24-23-15)18-7-3-2-6-17(18)21(27)28/h2-3,6-7,11,14,16,19H,1,4-5,8-10,12-13H2,(H,22,26)(H,27,28)/t14-,16?,19+/m0/s1. The number of aromatic carboxylic acids is 1. The first kappa shape index (κ1) is 20.9. The number of carboxylic acid groups (broad SMARTS) is 1. The first-order valence-corrected chi connectivity index (χ1v) is 11.5. The molecule has 0 spiro atoms. The maximum Gasteiger partial charge on any atom is 0.337 e. The van der Waals surface area contributed by atoms with Gasteiger partial charge in [-0.3, -0.25) is 4.79 Å². The van der Waals surface area contributed by atoms with Gasteiger partial charge in [-0.2, -0.15) is 0 Å². The zero-order valence-corrected chi connectivity index (χ0v) is 17.5. The lowest BCUT2D eigenvalue weighted by atomic mass is 9.85.